The van der Waals surface area contributed by atoms with Gasteiger partial charge in [-0.05, 0) is 62.0 Å². The van der Waals surface area contributed by atoms with Crippen molar-refractivity contribution in [3.05, 3.63) is 35.4 Å². The first-order valence-corrected chi connectivity index (χ1v) is 19.0. The largest absolute Gasteiger partial charge is 0.362 e. The molecule has 238 valence electrons. The first-order chi connectivity index (χ1) is 19.8. The molecule has 0 spiro atoms. The molecule has 1 aromatic carbocycles. The molecule has 0 heterocycles. The Balaban J connectivity index is 0.00000242. The van der Waals surface area contributed by atoms with Crippen molar-refractivity contribution in [2.24, 2.45) is 15.9 Å². The summed E-state index contributed by atoms with van der Waals surface area (Å²) in [7, 11) is 0. The second kappa shape index (κ2) is 20.9. The maximum Gasteiger partial charge on any atom is 0.157 e. The summed E-state index contributed by atoms with van der Waals surface area (Å²) < 4.78 is 0. The van der Waals surface area contributed by atoms with Gasteiger partial charge in [0.1, 0.15) is 0 Å². The number of hydrogen-bond donors (Lipinski definition) is 1. The van der Waals surface area contributed by atoms with Gasteiger partial charge in [-0.25, -0.2) is 0 Å². The number of nitrogens with zero attached hydrogens (tertiary/aromatic N) is 2. The topological polar surface area (TPSA) is 36.8 Å². The predicted octanol–water partition coefficient (Wildman–Crippen LogP) is 11.6. The zero-order chi connectivity index (χ0) is 27.2. The maximum atomic E-state index is 5.42. The fourth-order valence-electron chi connectivity index (χ4n) is 7.26. The van der Waals surface area contributed by atoms with Crippen LogP contribution in [-0.4, -0.2) is 28.3 Å². The summed E-state index contributed by atoms with van der Waals surface area (Å²) in [6.07, 6.45) is 28.5. The zero-order valence-electron chi connectivity index (χ0n) is 25.9. The molecule has 0 amide bonds. The smallest absolute Gasteiger partial charge is 0.157 e. The molecule has 0 aliphatic heterocycles. The number of halogens is 2. The average molecular weight is 744 g/mol. The summed E-state index contributed by atoms with van der Waals surface area (Å²) in [5, 5.41) is 6.60. The minimum Gasteiger partial charge on any atom is -0.362 e. The Morgan fingerprint density at radius 1 is 0.595 bits per heavy atom. The third-order valence-corrected chi connectivity index (χ3v) is 11.8. The van der Waals surface area contributed by atoms with Crippen molar-refractivity contribution < 1.29 is 0 Å². The summed E-state index contributed by atoms with van der Waals surface area (Å²) in [5.74, 6) is 2.93. The minimum absolute atomic E-state index is 0. The lowest BCUT2D eigenvalue weighted by molar-refractivity contribution is 0.368. The van der Waals surface area contributed by atoms with Crippen molar-refractivity contribution in [3.8, 4) is 0 Å². The van der Waals surface area contributed by atoms with Crippen LogP contribution in [0, 0.1) is 5.92 Å². The van der Waals surface area contributed by atoms with Crippen LogP contribution in [0.25, 0.3) is 0 Å². The lowest BCUT2D eigenvalue weighted by atomic mass is 9.87. The van der Waals surface area contributed by atoms with Crippen LogP contribution >= 0.6 is 57.5 Å². The molecule has 0 saturated heterocycles. The van der Waals surface area contributed by atoms with E-state index in [0.29, 0.717) is 18.1 Å². The Hall–Kier alpha value is 0.0200. The van der Waals surface area contributed by atoms with Gasteiger partial charge >= 0.3 is 0 Å². The number of rotatable bonds is 9. The van der Waals surface area contributed by atoms with E-state index < -0.39 is 0 Å². The van der Waals surface area contributed by atoms with E-state index >= 15 is 0 Å². The second-order valence-corrected chi connectivity index (χ2v) is 15.1. The van der Waals surface area contributed by atoms with Crippen LogP contribution in [0.5, 0.6) is 0 Å². The SMILES string of the molecule is Br.Br.c1ccc(CSC(=NC2CCCCC2)NC2CCCCC2)c(CSC(CC2CCCCC2)=NC2CCCCC2)c1. The van der Waals surface area contributed by atoms with E-state index in [9.17, 15) is 0 Å². The highest BCUT2D eigenvalue weighted by Crippen LogP contribution is 2.32. The van der Waals surface area contributed by atoms with E-state index in [2.05, 4.69) is 41.3 Å². The highest BCUT2D eigenvalue weighted by Gasteiger charge is 2.21. The van der Waals surface area contributed by atoms with E-state index in [1.807, 2.05) is 11.8 Å². The number of benzene rings is 1. The zero-order valence-corrected chi connectivity index (χ0v) is 31.0. The summed E-state index contributed by atoms with van der Waals surface area (Å²) in [6, 6.07) is 10.9. The molecular formula is C35H57Br2N3S2. The molecule has 42 heavy (non-hydrogen) atoms. The predicted molar refractivity (Wildman–Crippen MR) is 199 cm³/mol. The number of hydrogen-bond acceptors (Lipinski definition) is 4. The first kappa shape index (κ1) is 36.5. The molecule has 5 rings (SSSR count). The van der Waals surface area contributed by atoms with E-state index in [-0.39, 0.29) is 34.0 Å². The van der Waals surface area contributed by atoms with Crippen molar-refractivity contribution in [2.45, 2.75) is 164 Å². The quantitative estimate of drug-likeness (QED) is 0.202. The third kappa shape index (κ3) is 12.8. The van der Waals surface area contributed by atoms with Gasteiger partial charge in [-0.15, -0.1) is 45.7 Å². The van der Waals surface area contributed by atoms with Crippen LogP contribution in [0.2, 0.25) is 0 Å². The molecular weight excluding hydrogens is 686 g/mol. The molecule has 4 saturated carbocycles. The third-order valence-electron chi connectivity index (χ3n) is 9.77. The number of amidine groups is 1. The van der Waals surface area contributed by atoms with Gasteiger partial charge in [-0.3, -0.25) is 9.98 Å². The van der Waals surface area contributed by atoms with Crippen LogP contribution < -0.4 is 5.32 Å². The molecule has 4 fully saturated rings. The Labute approximate surface area is 287 Å². The van der Waals surface area contributed by atoms with Crippen molar-refractivity contribution >= 4 is 67.7 Å². The molecule has 0 unspecified atom stereocenters. The summed E-state index contributed by atoms with van der Waals surface area (Å²) in [4.78, 5) is 10.7. The lowest BCUT2D eigenvalue weighted by Crippen LogP contribution is -2.35. The van der Waals surface area contributed by atoms with Gasteiger partial charge in [-0.1, -0.05) is 126 Å². The van der Waals surface area contributed by atoms with Crippen LogP contribution in [0.15, 0.2) is 34.3 Å². The van der Waals surface area contributed by atoms with Gasteiger partial charge in [-0.2, -0.15) is 0 Å². The van der Waals surface area contributed by atoms with Crippen LogP contribution in [0.3, 0.4) is 0 Å². The summed E-state index contributed by atoms with van der Waals surface area (Å²) >= 11 is 4.03. The molecule has 4 aliphatic carbocycles. The molecule has 3 nitrogen and oxygen atoms in total. The molecule has 1 N–H and O–H groups in total. The van der Waals surface area contributed by atoms with Gasteiger partial charge < -0.3 is 5.32 Å². The lowest BCUT2D eigenvalue weighted by Gasteiger charge is -2.26. The minimum atomic E-state index is 0. The molecule has 0 bridgehead atoms. The Morgan fingerprint density at radius 2 is 1.07 bits per heavy atom. The summed E-state index contributed by atoms with van der Waals surface area (Å²) in [5.41, 5.74) is 2.98. The highest BCUT2D eigenvalue weighted by molar-refractivity contribution is 8.93. The van der Waals surface area contributed by atoms with Gasteiger partial charge in [0.2, 0.25) is 0 Å². The second-order valence-electron chi connectivity index (χ2n) is 13.1. The van der Waals surface area contributed by atoms with Gasteiger partial charge in [0.05, 0.1) is 17.1 Å². The Morgan fingerprint density at radius 3 is 1.64 bits per heavy atom. The van der Waals surface area contributed by atoms with Gasteiger partial charge in [0.25, 0.3) is 0 Å². The van der Waals surface area contributed by atoms with E-state index in [4.69, 9.17) is 9.98 Å². The Bertz CT molecular complexity index is 857. The average Bonchev–Trinajstić information content (AvgIpc) is 3.01. The van der Waals surface area contributed by atoms with E-state index in [1.54, 1.807) is 0 Å². The standard InChI is InChI=1S/C35H55N3S2.2BrH/c1-5-15-28(16-6-1)25-34(36-31-19-7-2-8-20-31)39-26-29-17-13-14-18-30(29)27-40-35(37-32-21-9-3-10-22-32)38-33-23-11-4-12-24-33;;/h13-14,17-18,28,31-33H,1-12,15-16,19-27H2,(H,37,38);2*1H. The van der Waals surface area contributed by atoms with Crippen LogP contribution in [0.1, 0.15) is 146 Å². The van der Waals surface area contributed by atoms with Crippen molar-refractivity contribution in [3.63, 3.8) is 0 Å². The fraction of sp³-hybridized carbons (Fsp3) is 0.771. The maximum absolute atomic E-state index is 5.42. The Kier molecular flexibility index (Phi) is 18.2. The number of aliphatic imine (C=N–C) groups is 2. The molecule has 1 aromatic rings. The van der Waals surface area contributed by atoms with E-state index in [1.165, 1.54) is 156 Å². The normalized spacial score (nSPS) is 22.3. The highest BCUT2D eigenvalue weighted by atomic mass is 79.9. The van der Waals surface area contributed by atoms with Gasteiger partial charge in [0, 0.05) is 17.5 Å². The molecule has 7 heteroatoms. The fourth-order valence-corrected chi connectivity index (χ4v) is 9.49. The molecule has 4 aliphatic rings. The molecule has 0 aromatic heterocycles. The van der Waals surface area contributed by atoms with Crippen LogP contribution in [-0.2, 0) is 11.5 Å². The number of nitrogens with one attached hydrogen (secondary N) is 1. The first-order valence-electron chi connectivity index (χ1n) is 17.1. The van der Waals surface area contributed by atoms with Crippen molar-refractivity contribution in [2.75, 3.05) is 0 Å². The van der Waals surface area contributed by atoms with Crippen molar-refractivity contribution in [1.82, 2.24) is 5.32 Å². The number of thioether (sulfide) groups is 2. The monoisotopic (exact) mass is 741 g/mol. The summed E-state index contributed by atoms with van der Waals surface area (Å²) in [6.45, 7) is 0. The van der Waals surface area contributed by atoms with Gasteiger partial charge in [0.15, 0.2) is 5.17 Å². The van der Waals surface area contributed by atoms with E-state index in [0.717, 1.165) is 17.4 Å². The van der Waals surface area contributed by atoms with Crippen molar-refractivity contribution in [1.29, 1.82) is 0 Å². The molecule has 0 radical (unpaired) electrons. The molecule has 0 atom stereocenters. The van der Waals surface area contributed by atoms with Crippen LogP contribution in [0.4, 0.5) is 0 Å².